The fraction of sp³-hybridized carbons (Fsp3) is 0.520. The maximum Gasteiger partial charge on any atom is 0.342 e. The Morgan fingerprint density at radius 3 is 2.54 bits per heavy atom. The Bertz CT molecular complexity index is 997. The second-order valence-corrected chi connectivity index (χ2v) is 8.06. The second kappa shape index (κ2) is 13.5. The number of esters is 2. The largest absolute Gasteiger partial charge is 0.496 e. The lowest BCUT2D eigenvalue weighted by atomic mass is 9.94. The average Bonchev–Trinajstić information content (AvgIpc) is 3.21. The van der Waals surface area contributed by atoms with Gasteiger partial charge in [-0.3, -0.25) is 14.4 Å². The minimum absolute atomic E-state index is 0.0104. The summed E-state index contributed by atoms with van der Waals surface area (Å²) in [5.41, 5.74) is 2.76. The Morgan fingerprint density at radius 2 is 1.89 bits per heavy atom. The van der Waals surface area contributed by atoms with Crippen molar-refractivity contribution in [2.45, 2.75) is 59.5 Å². The van der Waals surface area contributed by atoms with Gasteiger partial charge in [0.05, 0.1) is 20.1 Å². The van der Waals surface area contributed by atoms with Crippen LogP contribution in [0.2, 0.25) is 0 Å². The zero-order chi connectivity index (χ0) is 26.0. The summed E-state index contributed by atoms with van der Waals surface area (Å²) in [6.45, 7) is 6.76. The molecule has 192 valence electrons. The van der Waals surface area contributed by atoms with E-state index in [0.29, 0.717) is 48.6 Å². The molecule has 1 amide bonds. The van der Waals surface area contributed by atoms with Crippen molar-refractivity contribution in [3.63, 3.8) is 0 Å². The number of rotatable bonds is 14. The average molecular weight is 492 g/mol. The van der Waals surface area contributed by atoms with E-state index in [1.54, 1.807) is 13.8 Å². The van der Waals surface area contributed by atoms with E-state index in [1.807, 2.05) is 13.0 Å². The molecule has 1 aromatic rings. The molecule has 2 rings (SSSR count). The van der Waals surface area contributed by atoms with Crippen molar-refractivity contribution in [2.24, 2.45) is 0 Å². The van der Waals surface area contributed by atoms with Gasteiger partial charge in [0, 0.05) is 37.1 Å². The van der Waals surface area contributed by atoms with Gasteiger partial charge in [0.25, 0.3) is 0 Å². The summed E-state index contributed by atoms with van der Waals surface area (Å²) in [4.78, 5) is 48.0. The van der Waals surface area contributed by atoms with E-state index in [2.05, 4.69) is 5.32 Å². The van der Waals surface area contributed by atoms with Gasteiger partial charge in [-0.1, -0.05) is 11.6 Å². The molecule has 0 aromatic heterocycles. The molecule has 1 aliphatic rings. The van der Waals surface area contributed by atoms with Gasteiger partial charge in [0.15, 0.2) is 5.75 Å². The number of nitrogens with one attached hydrogen (secondary N) is 1. The van der Waals surface area contributed by atoms with Crippen molar-refractivity contribution in [3.8, 4) is 11.5 Å². The zero-order valence-electron chi connectivity index (χ0n) is 20.7. The van der Waals surface area contributed by atoms with Gasteiger partial charge in [-0.15, -0.1) is 0 Å². The first-order valence-corrected chi connectivity index (χ1v) is 11.5. The third kappa shape index (κ3) is 7.81. The first-order valence-electron chi connectivity index (χ1n) is 11.5. The molecule has 0 spiro atoms. The second-order valence-electron chi connectivity index (χ2n) is 8.06. The van der Waals surface area contributed by atoms with Gasteiger partial charge in [0.1, 0.15) is 17.9 Å². The van der Waals surface area contributed by atoms with E-state index >= 15 is 0 Å². The number of amides is 1. The third-order valence-electron chi connectivity index (χ3n) is 5.56. The molecule has 1 aliphatic heterocycles. The van der Waals surface area contributed by atoms with Crippen molar-refractivity contribution in [1.82, 2.24) is 5.32 Å². The molecule has 2 N–H and O–H groups in total. The number of aliphatic carboxylic acids is 1. The fourth-order valence-corrected chi connectivity index (χ4v) is 3.68. The van der Waals surface area contributed by atoms with Crippen LogP contribution in [0.15, 0.2) is 11.6 Å². The standard InChI is InChI=1S/C25H33NO9/c1-5-33-13-12-26-19(27)9-11-21(30)35-24-17(8-6-15(2)7-10-20(28)29)23(32-4)16(3)18-14-34-25(31)22(18)24/h6H,5,7-14H2,1-4H3,(H,26,27)(H,28,29)/b15-6+. The molecule has 35 heavy (non-hydrogen) atoms. The van der Waals surface area contributed by atoms with Crippen LogP contribution in [-0.4, -0.2) is 55.8 Å². The molecule has 1 aromatic carbocycles. The van der Waals surface area contributed by atoms with Crippen LogP contribution in [0.4, 0.5) is 0 Å². The lowest BCUT2D eigenvalue weighted by Gasteiger charge is -2.19. The minimum Gasteiger partial charge on any atom is -0.496 e. The summed E-state index contributed by atoms with van der Waals surface area (Å²) in [6.07, 6.45) is 2.14. The Morgan fingerprint density at radius 1 is 1.14 bits per heavy atom. The molecular formula is C25H33NO9. The van der Waals surface area contributed by atoms with Crippen LogP contribution in [0.1, 0.15) is 66.6 Å². The molecule has 10 nitrogen and oxygen atoms in total. The van der Waals surface area contributed by atoms with E-state index < -0.39 is 17.9 Å². The van der Waals surface area contributed by atoms with Gasteiger partial charge in [-0.05, 0) is 39.2 Å². The number of carboxylic acid groups (broad SMARTS) is 1. The lowest BCUT2D eigenvalue weighted by Crippen LogP contribution is -2.28. The van der Waals surface area contributed by atoms with Crippen molar-refractivity contribution in [2.75, 3.05) is 26.9 Å². The van der Waals surface area contributed by atoms with Gasteiger partial charge in [0.2, 0.25) is 5.91 Å². The van der Waals surface area contributed by atoms with Crippen molar-refractivity contribution in [1.29, 1.82) is 0 Å². The molecule has 0 atom stereocenters. The zero-order valence-corrected chi connectivity index (χ0v) is 20.7. The van der Waals surface area contributed by atoms with Crippen LogP contribution < -0.4 is 14.8 Å². The SMILES string of the molecule is CCOCCNC(=O)CCC(=O)Oc1c(C/C=C(\C)CCC(=O)O)c(OC)c(C)c2c1C(=O)OC2. The summed E-state index contributed by atoms with van der Waals surface area (Å²) in [5, 5.41) is 11.6. The van der Waals surface area contributed by atoms with Crippen LogP contribution >= 0.6 is 0 Å². The number of carbonyl (C=O) groups is 4. The first-order chi connectivity index (χ1) is 16.7. The van der Waals surface area contributed by atoms with Crippen LogP contribution in [0, 0.1) is 6.92 Å². The number of cyclic esters (lactones) is 1. The highest BCUT2D eigenvalue weighted by Gasteiger charge is 2.34. The number of fused-ring (bicyclic) bond motifs is 1. The van der Waals surface area contributed by atoms with E-state index in [-0.39, 0.29) is 49.5 Å². The van der Waals surface area contributed by atoms with Crippen LogP contribution in [0.3, 0.4) is 0 Å². The maximum atomic E-state index is 12.7. The number of allylic oxidation sites excluding steroid dienone is 2. The number of hydrogen-bond acceptors (Lipinski definition) is 8. The first kappa shape index (κ1) is 27.8. The molecule has 0 aliphatic carbocycles. The quantitative estimate of drug-likeness (QED) is 0.174. The molecule has 10 heteroatoms. The molecule has 0 bridgehead atoms. The number of carboxylic acids is 1. The van der Waals surface area contributed by atoms with Crippen molar-refractivity contribution in [3.05, 3.63) is 33.9 Å². The number of benzene rings is 1. The van der Waals surface area contributed by atoms with Crippen molar-refractivity contribution < 1.29 is 43.2 Å². The highest BCUT2D eigenvalue weighted by Crippen LogP contribution is 2.43. The smallest absolute Gasteiger partial charge is 0.342 e. The van der Waals surface area contributed by atoms with Gasteiger partial charge in [-0.2, -0.15) is 0 Å². The predicted molar refractivity (Wildman–Crippen MR) is 126 cm³/mol. The topological polar surface area (TPSA) is 137 Å². The normalized spacial score (nSPS) is 12.7. The number of methoxy groups -OCH3 is 1. The molecule has 0 saturated carbocycles. The fourth-order valence-electron chi connectivity index (χ4n) is 3.68. The summed E-state index contributed by atoms with van der Waals surface area (Å²) in [5.74, 6) is -1.98. The van der Waals surface area contributed by atoms with Crippen LogP contribution in [-0.2, 0) is 36.9 Å². The van der Waals surface area contributed by atoms with Crippen molar-refractivity contribution >= 4 is 23.8 Å². The van der Waals surface area contributed by atoms with E-state index in [0.717, 1.165) is 5.57 Å². The van der Waals surface area contributed by atoms with E-state index in [9.17, 15) is 19.2 Å². The maximum absolute atomic E-state index is 12.7. The monoisotopic (exact) mass is 491 g/mol. The molecule has 0 saturated heterocycles. The highest BCUT2D eigenvalue weighted by atomic mass is 16.6. The highest BCUT2D eigenvalue weighted by molar-refractivity contribution is 5.99. The van der Waals surface area contributed by atoms with E-state index in [4.69, 9.17) is 24.1 Å². The lowest BCUT2D eigenvalue weighted by molar-refractivity contribution is -0.137. The van der Waals surface area contributed by atoms with Gasteiger partial charge < -0.3 is 29.4 Å². The molecule has 1 heterocycles. The molecule has 0 unspecified atom stereocenters. The molecule has 0 fully saturated rings. The molecule has 0 radical (unpaired) electrons. The number of hydrogen-bond donors (Lipinski definition) is 2. The Labute approximate surface area is 204 Å². The Balaban J connectivity index is 2.26. The van der Waals surface area contributed by atoms with E-state index in [1.165, 1.54) is 7.11 Å². The third-order valence-corrected chi connectivity index (χ3v) is 5.56. The number of carbonyl (C=O) groups excluding carboxylic acids is 3. The minimum atomic E-state index is -0.900. The Hall–Kier alpha value is -3.40. The predicted octanol–water partition coefficient (Wildman–Crippen LogP) is 2.87. The number of ether oxygens (including phenoxy) is 4. The van der Waals surface area contributed by atoms with Crippen LogP contribution in [0.5, 0.6) is 11.5 Å². The Kier molecular flexibility index (Phi) is 10.7. The summed E-state index contributed by atoms with van der Waals surface area (Å²) in [7, 11) is 1.48. The van der Waals surface area contributed by atoms with Gasteiger partial charge in [-0.25, -0.2) is 4.79 Å². The molecular weight excluding hydrogens is 458 g/mol. The van der Waals surface area contributed by atoms with Crippen LogP contribution in [0.25, 0.3) is 0 Å². The summed E-state index contributed by atoms with van der Waals surface area (Å²) >= 11 is 0. The van der Waals surface area contributed by atoms with Gasteiger partial charge >= 0.3 is 17.9 Å². The summed E-state index contributed by atoms with van der Waals surface area (Å²) in [6, 6.07) is 0. The summed E-state index contributed by atoms with van der Waals surface area (Å²) < 4.78 is 21.6.